The zero-order valence-electron chi connectivity index (χ0n) is 11.8. The summed E-state index contributed by atoms with van der Waals surface area (Å²) in [6, 6.07) is 6.03. The molecule has 0 saturated carbocycles. The third-order valence-electron chi connectivity index (χ3n) is 3.15. The summed E-state index contributed by atoms with van der Waals surface area (Å²) in [7, 11) is 1.59. The van der Waals surface area contributed by atoms with Gasteiger partial charge in [0.2, 0.25) is 0 Å². The Hall–Kier alpha value is -1.92. The van der Waals surface area contributed by atoms with E-state index in [0.29, 0.717) is 5.75 Å². The molecule has 0 aliphatic heterocycles. The van der Waals surface area contributed by atoms with Crippen LogP contribution < -0.4 is 16.0 Å². The fourth-order valence-corrected chi connectivity index (χ4v) is 2.19. The second-order valence-corrected chi connectivity index (χ2v) is 4.79. The number of hydrogen-bond acceptors (Lipinski definition) is 4. The lowest BCUT2D eigenvalue weighted by molar-refractivity contribution is 0.394. The summed E-state index contributed by atoms with van der Waals surface area (Å²) in [6.07, 6.45) is 1.66. The molecule has 0 aliphatic carbocycles. The third kappa shape index (κ3) is 2.66. The van der Waals surface area contributed by atoms with Gasteiger partial charge in [-0.05, 0) is 31.5 Å². The molecule has 0 bridgehead atoms. The van der Waals surface area contributed by atoms with Crippen LogP contribution in [0.3, 0.4) is 0 Å². The molecule has 0 spiro atoms. The van der Waals surface area contributed by atoms with Crippen LogP contribution in [0, 0.1) is 5.82 Å². The molecule has 2 rings (SSSR count). The van der Waals surface area contributed by atoms with Crippen LogP contribution in [0.1, 0.15) is 37.2 Å². The highest BCUT2D eigenvalue weighted by atomic mass is 19.1. The topological polar surface area (TPSA) is 65.1 Å². The second kappa shape index (κ2) is 6.02. The highest BCUT2D eigenvalue weighted by molar-refractivity contribution is 5.36. The standard InChI is InChI=1S/C14H19FN4O/c1-9(2)19-14(12(20-3)8-17-19)13(18-16)10-4-6-11(15)7-5-10/h4-9,13,18H,16H2,1-3H3. The lowest BCUT2D eigenvalue weighted by atomic mass is 10.0. The minimum Gasteiger partial charge on any atom is -0.493 e. The highest BCUT2D eigenvalue weighted by Crippen LogP contribution is 2.31. The van der Waals surface area contributed by atoms with E-state index in [9.17, 15) is 4.39 Å². The fourth-order valence-electron chi connectivity index (χ4n) is 2.19. The van der Waals surface area contributed by atoms with Gasteiger partial charge in [0.1, 0.15) is 11.5 Å². The van der Waals surface area contributed by atoms with Crippen molar-refractivity contribution in [3.63, 3.8) is 0 Å². The molecule has 108 valence electrons. The Labute approximate surface area is 117 Å². The lowest BCUT2D eigenvalue weighted by Crippen LogP contribution is -2.31. The lowest BCUT2D eigenvalue weighted by Gasteiger charge is -2.21. The van der Waals surface area contributed by atoms with Crippen molar-refractivity contribution >= 4 is 0 Å². The second-order valence-electron chi connectivity index (χ2n) is 4.79. The number of ether oxygens (including phenoxy) is 1. The number of aromatic nitrogens is 2. The van der Waals surface area contributed by atoms with Gasteiger partial charge in [0.25, 0.3) is 0 Å². The van der Waals surface area contributed by atoms with Crippen molar-refractivity contribution < 1.29 is 9.13 Å². The molecular formula is C14H19FN4O. The molecule has 0 radical (unpaired) electrons. The predicted molar refractivity (Wildman–Crippen MR) is 74.7 cm³/mol. The van der Waals surface area contributed by atoms with E-state index in [1.165, 1.54) is 12.1 Å². The number of hydrogen-bond donors (Lipinski definition) is 2. The van der Waals surface area contributed by atoms with E-state index in [2.05, 4.69) is 10.5 Å². The first-order valence-corrected chi connectivity index (χ1v) is 6.41. The van der Waals surface area contributed by atoms with Crippen LogP contribution in [0.15, 0.2) is 30.5 Å². The maximum atomic E-state index is 13.1. The smallest absolute Gasteiger partial charge is 0.161 e. The average Bonchev–Trinajstić information content (AvgIpc) is 2.86. The zero-order valence-corrected chi connectivity index (χ0v) is 11.8. The minimum absolute atomic E-state index is 0.158. The van der Waals surface area contributed by atoms with Gasteiger partial charge in [0, 0.05) is 6.04 Å². The number of benzene rings is 1. The molecule has 5 nitrogen and oxygen atoms in total. The molecule has 0 fully saturated rings. The van der Waals surface area contributed by atoms with Gasteiger partial charge in [-0.25, -0.2) is 9.82 Å². The first kappa shape index (κ1) is 14.5. The SMILES string of the molecule is COc1cnn(C(C)C)c1C(NN)c1ccc(F)cc1. The van der Waals surface area contributed by atoms with Gasteiger partial charge in [0.15, 0.2) is 5.75 Å². The van der Waals surface area contributed by atoms with E-state index in [4.69, 9.17) is 10.6 Å². The van der Waals surface area contributed by atoms with E-state index >= 15 is 0 Å². The van der Waals surface area contributed by atoms with Gasteiger partial charge in [-0.1, -0.05) is 12.1 Å². The van der Waals surface area contributed by atoms with Crippen LogP contribution in [-0.2, 0) is 0 Å². The van der Waals surface area contributed by atoms with Crippen molar-refractivity contribution in [1.29, 1.82) is 0 Å². The third-order valence-corrected chi connectivity index (χ3v) is 3.15. The predicted octanol–water partition coefficient (Wildman–Crippen LogP) is 2.16. The first-order chi connectivity index (χ1) is 9.58. The van der Waals surface area contributed by atoms with E-state index < -0.39 is 0 Å². The quantitative estimate of drug-likeness (QED) is 0.650. The molecule has 1 aromatic heterocycles. The molecule has 20 heavy (non-hydrogen) atoms. The van der Waals surface area contributed by atoms with Crippen LogP contribution in [0.2, 0.25) is 0 Å². The Morgan fingerprint density at radius 1 is 1.30 bits per heavy atom. The number of hydrazine groups is 1. The maximum Gasteiger partial charge on any atom is 0.161 e. The zero-order chi connectivity index (χ0) is 14.7. The summed E-state index contributed by atoms with van der Waals surface area (Å²) in [5.41, 5.74) is 4.41. The summed E-state index contributed by atoms with van der Waals surface area (Å²) in [5.74, 6) is 6.05. The molecular weight excluding hydrogens is 259 g/mol. The molecule has 3 N–H and O–H groups in total. The number of nitrogens with two attached hydrogens (primary N) is 1. The fraction of sp³-hybridized carbons (Fsp3) is 0.357. The maximum absolute atomic E-state index is 13.1. The summed E-state index contributed by atoms with van der Waals surface area (Å²) < 4.78 is 20.2. The monoisotopic (exact) mass is 278 g/mol. The van der Waals surface area contributed by atoms with Crippen molar-refractivity contribution in [2.24, 2.45) is 5.84 Å². The summed E-state index contributed by atoms with van der Waals surface area (Å²) in [4.78, 5) is 0. The molecule has 1 atom stereocenters. The van der Waals surface area contributed by atoms with Gasteiger partial charge in [0.05, 0.1) is 19.3 Å². The Morgan fingerprint density at radius 2 is 1.95 bits per heavy atom. The Kier molecular flexibility index (Phi) is 4.36. The number of nitrogens with one attached hydrogen (secondary N) is 1. The average molecular weight is 278 g/mol. The van der Waals surface area contributed by atoms with Crippen LogP contribution in [0.4, 0.5) is 4.39 Å². The van der Waals surface area contributed by atoms with E-state index in [0.717, 1.165) is 11.3 Å². The molecule has 0 saturated heterocycles. The number of methoxy groups -OCH3 is 1. The van der Waals surface area contributed by atoms with Gasteiger partial charge in [-0.15, -0.1) is 0 Å². The molecule has 2 aromatic rings. The first-order valence-electron chi connectivity index (χ1n) is 6.41. The highest BCUT2D eigenvalue weighted by Gasteiger charge is 2.23. The van der Waals surface area contributed by atoms with Crippen LogP contribution in [0.25, 0.3) is 0 Å². The summed E-state index contributed by atoms with van der Waals surface area (Å²) >= 11 is 0. The number of rotatable bonds is 5. The Bertz CT molecular complexity index is 565. The summed E-state index contributed by atoms with van der Waals surface area (Å²) in [6.45, 7) is 4.04. The Balaban J connectivity index is 2.50. The van der Waals surface area contributed by atoms with E-state index in [1.807, 2.05) is 18.5 Å². The van der Waals surface area contributed by atoms with Crippen LogP contribution in [-0.4, -0.2) is 16.9 Å². The van der Waals surface area contributed by atoms with Crippen molar-refractivity contribution in [2.75, 3.05) is 7.11 Å². The summed E-state index contributed by atoms with van der Waals surface area (Å²) in [5, 5.41) is 4.32. The van der Waals surface area contributed by atoms with Crippen molar-refractivity contribution in [3.05, 3.63) is 47.5 Å². The van der Waals surface area contributed by atoms with Crippen LogP contribution in [0.5, 0.6) is 5.75 Å². The van der Waals surface area contributed by atoms with Crippen molar-refractivity contribution in [2.45, 2.75) is 25.9 Å². The normalized spacial score (nSPS) is 12.7. The molecule has 1 unspecified atom stereocenters. The van der Waals surface area contributed by atoms with E-state index in [-0.39, 0.29) is 17.9 Å². The van der Waals surface area contributed by atoms with E-state index in [1.54, 1.807) is 25.4 Å². The molecule has 6 heteroatoms. The molecule has 1 heterocycles. The van der Waals surface area contributed by atoms with Crippen LogP contribution >= 0.6 is 0 Å². The van der Waals surface area contributed by atoms with Crippen molar-refractivity contribution in [3.8, 4) is 5.75 Å². The molecule has 0 aliphatic rings. The minimum atomic E-state index is -0.324. The van der Waals surface area contributed by atoms with Gasteiger partial charge >= 0.3 is 0 Å². The van der Waals surface area contributed by atoms with Gasteiger partial charge in [-0.3, -0.25) is 10.5 Å². The molecule has 0 amide bonds. The Morgan fingerprint density at radius 3 is 2.45 bits per heavy atom. The number of nitrogens with zero attached hydrogens (tertiary/aromatic N) is 2. The van der Waals surface area contributed by atoms with Gasteiger partial charge in [-0.2, -0.15) is 5.10 Å². The van der Waals surface area contributed by atoms with Gasteiger partial charge < -0.3 is 4.74 Å². The van der Waals surface area contributed by atoms with Crippen molar-refractivity contribution in [1.82, 2.24) is 15.2 Å². The largest absolute Gasteiger partial charge is 0.493 e. The number of halogens is 1. The molecule has 1 aromatic carbocycles.